The van der Waals surface area contributed by atoms with Gasteiger partial charge in [0.2, 0.25) is 5.76 Å². The van der Waals surface area contributed by atoms with Gasteiger partial charge in [-0.05, 0) is 36.6 Å². The molecule has 90 valence electrons. The second-order valence-electron chi connectivity index (χ2n) is 4.39. The van der Waals surface area contributed by atoms with Crippen LogP contribution in [0.3, 0.4) is 0 Å². The van der Waals surface area contributed by atoms with Crippen LogP contribution in [0.2, 0.25) is 0 Å². The lowest BCUT2D eigenvalue weighted by atomic mass is 10.1. The highest BCUT2D eigenvalue weighted by Gasteiger charge is 2.42. The number of hydrogen-bond acceptors (Lipinski definition) is 2. The van der Waals surface area contributed by atoms with Crippen molar-refractivity contribution in [3.8, 4) is 0 Å². The van der Waals surface area contributed by atoms with Crippen molar-refractivity contribution in [2.45, 2.75) is 24.6 Å². The van der Waals surface area contributed by atoms with Crippen LogP contribution in [0.1, 0.15) is 24.2 Å². The lowest BCUT2D eigenvalue weighted by Gasteiger charge is -2.06. The highest BCUT2D eigenvalue weighted by molar-refractivity contribution is 5.79. The van der Waals surface area contributed by atoms with Crippen LogP contribution in [0.25, 0.3) is 11.0 Å². The Kier molecular flexibility index (Phi) is 1.91. The Labute approximate surface area is 94.7 Å². The molecule has 1 heterocycles. The fourth-order valence-electron chi connectivity index (χ4n) is 1.88. The normalized spacial score (nSPS) is 18.6. The second-order valence-corrected chi connectivity index (χ2v) is 4.39. The van der Waals surface area contributed by atoms with Gasteiger partial charge < -0.3 is 9.52 Å². The summed E-state index contributed by atoms with van der Waals surface area (Å²) in [6, 6.07) is 5.60. The van der Waals surface area contributed by atoms with Gasteiger partial charge in [-0.15, -0.1) is 0 Å². The molecule has 1 aromatic carbocycles. The summed E-state index contributed by atoms with van der Waals surface area (Å²) >= 11 is 0. The fraction of sp³-hybridized carbons (Fsp3) is 0.333. The third-order valence-electron chi connectivity index (χ3n) is 3.06. The predicted octanol–water partition coefficient (Wildman–Crippen LogP) is 3.43. The minimum absolute atomic E-state index is 0.185. The van der Waals surface area contributed by atoms with Crippen molar-refractivity contribution < 1.29 is 22.7 Å². The summed E-state index contributed by atoms with van der Waals surface area (Å²) in [5.74, 6) is -1.01. The van der Waals surface area contributed by atoms with Crippen LogP contribution in [0.15, 0.2) is 28.7 Å². The van der Waals surface area contributed by atoms with Gasteiger partial charge in [0, 0.05) is 5.39 Å². The number of rotatable bonds is 1. The Morgan fingerprint density at radius 2 is 1.88 bits per heavy atom. The van der Waals surface area contributed by atoms with Gasteiger partial charge in [-0.25, -0.2) is 0 Å². The highest BCUT2D eigenvalue weighted by atomic mass is 19.4. The van der Waals surface area contributed by atoms with Crippen LogP contribution in [0.5, 0.6) is 0 Å². The van der Waals surface area contributed by atoms with Crippen LogP contribution >= 0.6 is 0 Å². The van der Waals surface area contributed by atoms with Crippen LogP contribution in [-0.4, -0.2) is 5.11 Å². The van der Waals surface area contributed by atoms with Crippen molar-refractivity contribution in [3.63, 3.8) is 0 Å². The topological polar surface area (TPSA) is 33.4 Å². The first-order chi connectivity index (χ1) is 7.88. The predicted molar refractivity (Wildman–Crippen MR) is 54.3 cm³/mol. The van der Waals surface area contributed by atoms with Crippen molar-refractivity contribution in [2.24, 2.45) is 0 Å². The molecule has 2 aromatic rings. The summed E-state index contributed by atoms with van der Waals surface area (Å²) in [4.78, 5) is 0. The number of fused-ring (bicyclic) bond motifs is 1. The van der Waals surface area contributed by atoms with Gasteiger partial charge in [0.1, 0.15) is 5.58 Å². The largest absolute Gasteiger partial charge is 0.452 e. The molecule has 2 nitrogen and oxygen atoms in total. The molecule has 1 fully saturated rings. The molecule has 5 heteroatoms. The third-order valence-corrected chi connectivity index (χ3v) is 3.06. The number of benzene rings is 1. The lowest BCUT2D eigenvalue weighted by Crippen LogP contribution is -2.03. The standard InChI is InChI=1S/C12H9F3O2/c13-12(14,15)10-6-7-5-8(11(16)3-4-11)1-2-9(7)17-10/h1-2,5-6,16H,3-4H2. The van der Waals surface area contributed by atoms with E-state index in [1.165, 1.54) is 6.07 Å². The van der Waals surface area contributed by atoms with Gasteiger partial charge in [-0.3, -0.25) is 0 Å². The van der Waals surface area contributed by atoms with Crippen molar-refractivity contribution >= 4 is 11.0 Å². The summed E-state index contributed by atoms with van der Waals surface area (Å²) < 4.78 is 42.0. The van der Waals surface area contributed by atoms with Crippen LogP contribution in [-0.2, 0) is 11.8 Å². The first kappa shape index (κ1) is 10.7. The maximum atomic E-state index is 12.4. The molecule has 1 saturated carbocycles. The molecule has 0 saturated heterocycles. The molecule has 1 aromatic heterocycles. The van der Waals surface area contributed by atoms with E-state index in [2.05, 4.69) is 0 Å². The molecular formula is C12H9F3O2. The summed E-state index contributed by atoms with van der Waals surface area (Å²) in [6.45, 7) is 0. The number of furan rings is 1. The van der Waals surface area contributed by atoms with E-state index in [-0.39, 0.29) is 5.58 Å². The molecule has 3 rings (SSSR count). The van der Waals surface area contributed by atoms with E-state index in [0.29, 0.717) is 23.8 Å². The van der Waals surface area contributed by atoms with Gasteiger partial charge in [0.15, 0.2) is 0 Å². The number of alkyl halides is 3. The molecule has 0 unspecified atom stereocenters. The minimum atomic E-state index is -4.48. The third kappa shape index (κ3) is 1.70. The Morgan fingerprint density at radius 1 is 1.18 bits per heavy atom. The molecule has 17 heavy (non-hydrogen) atoms. The molecule has 0 amide bonds. The maximum Gasteiger partial charge on any atom is 0.449 e. The average Bonchev–Trinajstić information content (AvgIpc) is 2.85. The van der Waals surface area contributed by atoms with E-state index in [1.807, 2.05) is 0 Å². The van der Waals surface area contributed by atoms with E-state index >= 15 is 0 Å². The molecule has 1 aliphatic rings. The Bertz CT molecular complexity index is 576. The Balaban J connectivity index is 2.11. The molecule has 0 atom stereocenters. The molecular weight excluding hydrogens is 233 g/mol. The minimum Gasteiger partial charge on any atom is -0.452 e. The Hall–Kier alpha value is -1.49. The Morgan fingerprint density at radius 3 is 2.47 bits per heavy atom. The van der Waals surface area contributed by atoms with E-state index < -0.39 is 17.5 Å². The zero-order valence-electron chi connectivity index (χ0n) is 8.71. The summed E-state index contributed by atoms with van der Waals surface area (Å²) in [5.41, 5.74) is -0.00557. The summed E-state index contributed by atoms with van der Waals surface area (Å²) in [5, 5.41) is 10.2. The van der Waals surface area contributed by atoms with Crippen LogP contribution < -0.4 is 0 Å². The van der Waals surface area contributed by atoms with E-state index in [4.69, 9.17) is 4.42 Å². The first-order valence-electron chi connectivity index (χ1n) is 5.22. The zero-order valence-corrected chi connectivity index (χ0v) is 8.71. The quantitative estimate of drug-likeness (QED) is 0.831. The zero-order chi connectivity index (χ0) is 12.3. The highest BCUT2D eigenvalue weighted by Crippen LogP contribution is 2.46. The van der Waals surface area contributed by atoms with Gasteiger partial charge in [0.25, 0.3) is 0 Å². The monoisotopic (exact) mass is 242 g/mol. The number of halogens is 3. The van der Waals surface area contributed by atoms with Crippen LogP contribution in [0, 0.1) is 0 Å². The fourth-order valence-corrected chi connectivity index (χ4v) is 1.88. The molecule has 0 aliphatic heterocycles. The van der Waals surface area contributed by atoms with Gasteiger partial charge in [-0.2, -0.15) is 13.2 Å². The molecule has 0 spiro atoms. The number of aliphatic hydroxyl groups is 1. The lowest BCUT2D eigenvalue weighted by molar-refractivity contribution is -0.152. The smallest absolute Gasteiger partial charge is 0.449 e. The second kappa shape index (κ2) is 3.04. The van der Waals surface area contributed by atoms with E-state index in [0.717, 1.165) is 6.07 Å². The first-order valence-corrected chi connectivity index (χ1v) is 5.22. The van der Waals surface area contributed by atoms with Gasteiger partial charge >= 0.3 is 6.18 Å². The van der Waals surface area contributed by atoms with Crippen molar-refractivity contribution in [1.29, 1.82) is 0 Å². The van der Waals surface area contributed by atoms with Crippen molar-refractivity contribution in [1.82, 2.24) is 0 Å². The van der Waals surface area contributed by atoms with Gasteiger partial charge in [0.05, 0.1) is 5.60 Å². The SMILES string of the molecule is OC1(c2ccc3oc(C(F)(F)F)cc3c2)CC1. The van der Waals surface area contributed by atoms with Crippen LogP contribution in [0.4, 0.5) is 13.2 Å². The molecule has 0 radical (unpaired) electrons. The molecule has 1 aliphatic carbocycles. The summed E-state index contributed by atoms with van der Waals surface area (Å²) in [7, 11) is 0. The van der Waals surface area contributed by atoms with Crippen molar-refractivity contribution in [2.75, 3.05) is 0 Å². The van der Waals surface area contributed by atoms with Gasteiger partial charge in [-0.1, -0.05) is 6.07 Å². The number of hydrogen-bond donors (Lipinski definition) is 1. The molecule has 0 bridgehead atoms. The van der Waals surface area contributed by atoms with Crippen molar-refractivity contribution in [3.05, 3.63) is 35.6 Å². The van der Waals surface area contributed by atoms with E-state index in [9.17, 15) is 18.3 Å². The maximum absolute atomic E-state index is 12.4. The summed E-state index contributed by atoms with van der Waals surface area (Å²) in [6.07, 6.45) is -3.17. The van der Waals surface area contributed by atoms with E-state index in [1.54, 1.807) is 12.1 Å². The average molecular weight is 242 g/mol. The molecule has 1 N–H and O–H groups in total.